The summed E-state index contributed by atoms with van der Waals surface area (Å²) < 4.78 is 4.80. The van der Waals surface area contributed by atoms with E-state index < -0.39 is 43.3 Å². The largest absolute Gasteiger partial charge is 0.394 e. The highest BCUT2D eigenvalue weighted by molar-refractivity contribution is 5.73. The first-order valence-corrected chi connectivity index (χ1v) is 5.10. The van der Waals surface area contributed by atoms with E-state index in [1.54, 1.807) is 0 Å². The van der Waals surface area contributed by atoms with Crippen LogP contribution in [0.4, 0.5) is 4.79 Å². The molecule has 1 aliphatic rings. The molecule has 2 amide bonds. The summed E-state index contributed by atoms with van der Waals surface area (Å²) in [4.78, 5) is 21.4. The number of rotatable bonds is 3. The van der Waals surface area contributed by atoms with Crippen molar-refractivity contribution in [1.29, 1.82) is 0 Å². The van der Waals surface area contributed by atoms with Gasteiger partial charge in [-0.05, 0) is 0 Å². The fourth-order valence-corrected chi connectivity index (χ4v) is 1.53. The molecule has 5 N–H and O–H groups in total. The average molecular weight is 265 g/mol. The molecule has 0 aliphatic carbocycles. The smallest absolute Gasteiger partial charge is 0.340 e. The molecule has 0 aromatic rings. The Hall–Kier alpha value is -1.33. The van der Waals surface area contributed by atoms with Crippen LogP contribution < -0.4 is 5.32 Å². The normalized spacial score (nSPS) is 35.9. The van der Waals surface area contributed by atoms with E-state index in [9.17, 15) is 25.0 Å². The van der Waals surface area contributed by atoms with Crippen LogP contribution in [-0.4, -0.2) is 75.8 Å². The first kappa shape index (κ1) is 14.7. The highest BCUT2D eigenvalue weighted by atomic mass is 16.6. The van der Waals surface area contributed by atoms with Gasteiger partial charge in [0.05, 0.1) is 11.9 Å². The van der Waals surface area contributed by atoms with Crippen molar-refractivity contribution < 1.29 is 30.0 Å². The van der Waals surface area contributed by atoms with Crippen LogP contribution >= 0.6 is 0 Å². The lowest BCUT2D eigenvalue weighted by atomic mass is 9.97. The van der Waals surface area contributed by atoms with Gasteiger partial charge >= 0.3 is 6.03 Å². The molecule has 10 nitrogen and oxygen atoms in total. The summed E-state index contributed by atoms with van der Waals surface area (Å²) >= 11 is 0. The Kier molecular flexibility index (Phi) is 4.93. The molecule has 0 aromatic carbocycles. The fraction of sp³-hybridized carbons (Fsp3) is 0.875. The molecule has 0 spiro atoms. The number of nitrogens with one attached hydrogen (secondary N) is 1. The molecule has 0 unspecified atom stereocenters. The summed E-state index contributed by atoms with van der Waals surface area (Å²) in [6, 6.07) is -2.33. The number of nitrogens with zero attached hydrogens (tertiary/aromatic N) is 2. The van der Waals surface area contributed by atoms with Crippen molar-refractivity contribution >= 4 is 6.03 Å². The summed E-state index contributed by atoms with van der Waals surface area (Å²) in [7, 11) is 1.07. The number of hydrogen-bond donors (Lipinski definition) is 5. The number of carbonyl (C=O) groups excluding carboxylic acids is 1. The number of ether oxygens (including phenoxy) is 1. The minimum Gasteiger partial charge on any atom is -0.394 e. The van der Waals surface area contributed by atoms with E-state index in [0.717, 1.165) is 7.05 Å². The third kappa shape index (κ3) is 2.91. The van der Waals surface area contributed by atoms with Gasteiger partial charge in [0.25, 0.3) is 0 Å². The van der Waals surface area contributed by atoms with Crippen LogP contribution in [0.15, 0.2) is 5.29 Å². The maximum absolute atomic E-state index is 11.3. The summed E-state index contributed by atoms with van der Waals surface area (Å²) in [5.41, 5.74) is 0. The molecule has 1 heterocycles. The molecular weight excluding hydrogens is 250 g/mol. The number of urea groups is 1. The minimum atomic E-state index is -1.63. The van der Waals surface area contributed by atoms with E-state index >= 15 is 0 Å². The predicted octanol–water partition coefficient (Wildman–Crippen LogP) is -2.89. The maximum Gasteiger partial charge on any atom is 0.340 e. The van der Waals surface area contributed by atoms with Crippen molar-refractivity contribution in [2.75, 3.05) is 13.7 Å². The van der Waals surface area contributed by atoms with Crippen LogP contribution in [0.2, 0.25) is 0 Å². The zero-order chi connectivity index (χ0) is 13.9. The molecule has 1 aliphatic heterocycles. The predicted molar refractivity (Wildman–Crippen MR) is 55.9 cm³/mol. The van der Waals surface area contributed by atoms with Gasteiger partial charge in [-0.25, -0.2) is 4.79 Å². The van der Waals surface area contributed by atoms with Crippen molar-refractivity contribution in [3.63, 3.8) is 0 Å². The lowest BCUT2D eigenvalue weighted by Gasteiger charge is -2.40. The molecule has 5 atom stereocenters. The van der Waals surface area contributed by atoms with Gasteiger partial charge in [0.15, 0.2) is 6.29 Å². The molecule has 1 rings (SSSR count). The second-order valence-electron chi connectivity index (χ2n) is 3.81. The molecule has 0 radical (unpaired) electrons. The highest BCUT2D eigenvalue weighted by Crippen LogP contribution is 2.19. The van der Waals surface area contributed by atoms with Gasteiger partial charge in [0, 0.05) is 7.05 Å². The summed E-state index contributed by atoms with van der Waals surface area (Å²) in [5, 5.41) is 42.4. The second kappa shape index (κ2) is 6.02. The first-order valence-electron chi connectivity index (χ1n) is 5.10. The average Bonchev–Trinajstić information content (AvgIpc) is 2.37. The Morgan fingerprint density at radius 3 is 2.50 bits per heavy atom. The Morgan fingerprint density at radius 2 is 2.00 bits per heavy atom. The van der Waals surface area contributed by atoms with Crippen LogP contribution in [0.3, 0.4) is 0 Å². The standard InChI is InChI=1S/C8H15N3O7/c1-11(10-17)8(16)9-4-6(14)5(13)3(2-12)18-7(4)15/h3-7,12-15H,2H2,1H3,(H,9,16)/t3-,4+,5-,6+,7+/m1/s1. The van der Waals surface area contributed by atoms with Crippen LogP contribution in [0.25, 0.3) is 0 Å². The maximum atomic E-state index is 11.3. The van der Waals surface area contributed by atoms with E-state index in [2.05, 4.69) is 10.6 Å². The zero-order valence-corrected chi connectivity index (χ0v) is 9.50. The third-order valence-electron chi connectivity index (χ3n) is 2.61. The van der Waals surface area contributed by atoms with E-state index in [-0.39, 0.29) is 0 Å². The number of aliphatic hydroxyl groups is 4. The minimum absolute atomic E-state index is 0.407. The summed E-state index contributed by atoms with van der Waals surface area (Å²) in [6.07, 6.45) is -5.84. The molecule has 0 bridgehead atoms. The Balaban J connectivity index is 2.71. The van der Waals surface area contributed by atoms with Crippen molar-refractivity contribution in [1.82, 2.24) is 10.3 Å². The van der Waals surface area contributed by atoms with Crippen LogP contribution in [-0.2, 0) is 4.74 Å². The lowest BCUT2D eigenvalue weighted by molar-refractivity contribution is -0.252. The van der Waals surface area contributed by atoms with Gasteiger partial charge in [-0.15, -0.1) is 4.91 Å². The van der Waals surface area contributed by atoms with Gasteiger partial charge in [-0.3, -0.25) is 0 Å². The molecule has 1 fully saturated rings. The second-order valence-corrected chi connectivity index (χ2v) is 3.81. The molecule has 18 heavy (non-hydrogen) atoms. The Morgan fingerprint density at radius 1 is 1.39 bits per heavy atom. The highest BCUT2D eigenvalue weighted by Gasteiger charge is 2.44. The third-order valence-corrected chi connectivity index (χ3v) is 2.61. The van der Waals surface area contributed by atoms with Crippen molar-refractivity contribution in [2.45, 2.75) is 30.6 Å². The van der Waals surface area contributed by atoms with Gasteiger partial charge in [-0.2, -0.15) is 5.01 Å². The molecule has 104 valence electrons. The van der Waals surface area contributed by atoms with Crippen molar-refractivity contribution in [3.05, 3.63) is 4.91 Å². The SMILES string of the molecule is CN(N=O)C(=O)N[C@H]1[C@H](O)[C@H](O)[C@@H](CO)O[C@@H]1O. The van der Waals surface area contributed by atoms with E-state index in [4.69, 9.17) is 9.84 Å². The van der Waals surface area contributed by atoms with Crippen LogP contribution in [0.1, 0.15) is 0 Å². The Bertz CT molecular complexity index is 315. The topological polar surface area (TPSA) is 152 Å². The monoisotopic (exact) mass is 265 g/mol. The van der Waals surface area contributed by atoms with E-state index in [1.165, 1.54) is 0 Å². The quantitative estimate of drug-likeness (QED) is 0.271. The van der Waals surface area contributed by atoms with Gasteiger partial charge in [0.2, 0.25) is 0 Å². The summed E-state index contributed by atoms with van der Waals surface area (Å²) in [6.45, 7) is -0.605. The number of hydrogen-bond acceptors (Lipinski definition) is 8. The van der Waals surface area contributed by atoms with Crippen LogP contribution in [0, 0.1) is 4.91 Å². The summed E-state index contributed by atoms with van der Waals surface area (Å²) in [5.74, 6) is 0. The number of amides is 2. The van der Waals surface area contributed by atoms with Gasteiger partial charge in [-0.1, -0.05) is 0 Å². The fourth-order valence-electron chi connectivity index (χ4n) is 1.53. The number of carbonyl (C=O) groups is 1. The zero-order valence-electron chi connectivity index (χ0n) is 9.50. The van der Waals surface area contributed by atoms with Crippen molar-refractivity contribution in [2.24, 2.45) is 5.29 Å². The molecule has 10 heteroatoms. The number of nitroso groups, excluding NO2 is 1. The molecular formula is C8H15N3O7. The molecule has 1 saturated heterocycles. The molecule has 0 aromatic heterocycles. The lowest BCUT2D eigenvalue weighted by Crippen LogP contribution is -2.64. The number of aliphatic hydroxyl groups excluding tert-OH is 4. The van der Waals surface area contributed by atoms with Crippen LogP contribution in [0.5, 0.6) is 0 Å². The van der Waals surface area contributed by atoms with E-state index in [1.807, 2.05) is 0 Å². The van der Waals surface area contributed by atoms with Crippen molar-refractivity contribution in [3.8, 4) is 0 Å². The molecule has 0 saturated carbocycles. The Labute approximate surface area is 102 Å². The first-order chi connectivity index (χ1) is 8.42. The van der Waals surface area contributed by atoms with E-state index in [0.29, 0.717) is 5.01 Å². The van der Waals surface area contributed by atoms with Gasteiger partial charge < -0.3 is 30.5 Å². The van der Waals surface area contributed by atoms with Gasteiger partial charge in [0.1, 0.15) is 24.4 Å².